The van der Waals surface area contributed by atoms with E-state index in [0.29, 0.717) is 0 Å². The molecule has 0 saturated heterocycles. The van der Waals surface area contributed by atoms with Gasteiger partial charge >= 0.3 is 5.97 Å². The molecule has 0 spiro atoms. The standard InChI is InChI=1S/C12H9F2NO3/c1-15-6(3-12(17)18)2-11(16)7-4-8(13)9(14)5-10(7)15/h2,4-5H,3H2,1H3,(H,17,18). The molecule has 94 valence electrons. The number of carboxylic acid groups (broad SMARTS) is 1. The Balaban J connectivity index is 2.81. The second kappa shape index (κ2) is 4.21. The maximum absolute atomic E-state index is 13.1. The maximum atomic E-state index is 13.1. The Labute approximate surface area is 100 Å². The molecule has 0 aliphatic carbocycles. The van der Waals surface area contributed by atoms with E-state index in [1.807, 2.05) is 0 Å². The molecular formula is C12H9F2NO3. The van der Waals surface area contributed by atoms with Crippen LogP contribution in [0.1, 0.15) is 5.69 Å². The van der Waals surface area contributed by atoms with Crippen molar-refractivity contribution in [1.29, 1.82) is 0 Å². The molecule has 0 amide bonds. The highest BCUT2D eigenvalue weighted by atomic mass is 19.2. The van der Waals surface area contributed by atoms with Crippen molar-refractivity contribution in [2.24, 2.45) is 7.05 Å². The fourth-order valence-corrected chi connectivity index (χ4v) is 1.82. The van der Waals surface area contributed by atoms with Crippen molar-refractivity contribution in [2.45, 2.75) is 6.42 Å². The van der Waals surface area contributed by atoms with Crippen molar-refractivity contribution >= 4 is 16.9 Å². The van der Waals surface area contributed by atoms with Crippen LogP contribution in [0.5, 0.6) is 0 Å². The second-order valence-corrected chi connectivity index (χ2v) is 3.91. The Kier molecular flexibility index (Phi) is 2.86. The average Bonchev–Trinajstić information content (AvgIpc) is 2.28. The largest absolute Gasteiger partial charge is 0.481 e. The van der Waals surface area contributed by atoms with Crippen LogP contribution < -0.4 is 5.43 Å². The highest BCUT2D eigenvalue weighted by Gasteiger charge is 2.12. The number of fused-ring (bicyclic) bond motifs is 1. The van der Waals surface area contributed by atoms with Crippen LogP contribution in [-0.4, -0.2) is 15.6 Å². The fourth-order valence-electron chi connectivity index (χ4n) is 1.82. The van der Waals surface area contributed by atoms with Crippen molar-refractivity contribution in [2.75, 3.05) is 0 Å². The molecule has 1 aromatic heterocycles. The molecular weight excluding hydrogens is 244 g/mol. The Morgan fingerprint density at radius 2 is 1.89 bits per heavy atom. The lowest BCUT2D eigenvalue weighted by Crippen LogP contribution is -2.15. The molecule has 0 aliphatic rings. The summed E-state index contributed by atoms with van der Waals surface area (Å²) in [5.41, 5.74) is -0.137. The highest BCUT2D eigenvalue weighted by Crippen LogP contribution is 2.16. The van der Waals surface area contributed by atoms with Gasteiger partial charge in [0.2, 0.25) is 0 Å². The molecule has 2 rings (SSSR count). The minimum absolute atomic E-state index is 0.0190. The van der Waals surface area contributed by atoms with E-state index in [9.17, 15) is 18.4 Å². The number of hydrogen-bond donors (Lipinski definition) is 1. The number of nitrogens with zero attached hydrogens (tertiary/aromatic N) is 1. The summed E-state index contributed by atoms with van der Waals surface area (Å²) in [4.78, 5) is 22.3. The van der Waals surface area contributed by atoms with Gasteiger partial charge in [0.05, 0.1) is 11.9 Å². The first-order valence-corrected chi connectivity index (χ1v) is 5.09. The Bertz CT molecular complexity index is 707. The van der Waals surface area contributed by atoms with E-state index in [2.05, 4.69) is 0 Å². The van der Waals surface area contributed by atoms with Gasteiger partial charge < -0.3 is 9.67 Å². The molecule has 0 atom stereocenters. The van der Waals surface area contributed by atoms with Gasteiger partial charge in [0.25, 0.3) is 0 Å². The Morgan fingerprint density at radius 3 is 2.50 bits per heavy atom. The van der Waals surface area contributed by atoms with E-state index < -0.39 is 23.0 Å². The molecule has 0 radical (unpaired) electrons. The average molecular weight is 253 g/mol. The van der Waals surface area contributed by atoms with E-state index in [-0.39, 0.29) is 23.0 Å². The molecule has 1 N–H and O–H groups in total. The number of hydrogen-bond acceptors (Lipinski definition) is 2. The quantitative estimate of drug-likeness (QED) is 0.881. The van der Waals surface area contributed by atoms with Crippen LogP contribution in [0.3, 0.4) is 0 Å². The third kappa shape index (κ3) is 1.97. The summed E-state index contributed by atoms with van der Waals surface area (Å²) in [7, 11) is 1.50. The van der Waals surface area contributed by atoms with Crippen LogP contribution in [-0.2, 0) is 18.3 Å². The van der Waals surface area contributed by atoms with Crippen LogP contribution in [0, 0.1) is 11.6 Å². The normalized spacial score (nSPS) is 10.8. The number of aliphatic carboxylic acids is 1. The van der Waals surface area contributed by atoms with E-state index in [1.165, 1.54) is 11.6 Å². The fraction of sp³-hybridized carbons (Fsp3) is 0.167. The zero-order chi connectivity index (χ0) is 13.4. The lowest BCUT2D eigenvalue weighted by molar-refractivity contribution is -0.136. The minimum atomic E-state index is -1.11. The van der Waals surface area contributed by atoms with E-state index in [0.717, 1.165) is 18.2 Å². The minimum Gasteiger partial charge on any atom is -0.481 e. The zero-order valence-electron chi connectivity index (χ0n) is 9.41. The first kappa shape index (κ1) is 12.2. The van der Waals surface area contributed by atoms with Crippen molar-refractivity contribution in [1.82, 2.24) is 4.57 Å². The van der Waals surface area contributed by atoms with Gasteiger partial charge in [0, 0.05) is 30.3 Å². The SMILES string of the molecule is Cn1c(CC(=O)O)cc(=O)c2cc(F)c(F)cc21. The Morgan fingerprint density at radius 1 is 1.28 bits per heavy atom. The van der Waals surface area contributed by atoms with Gasteiger partial charge in [-0.1, -0.05) is 0 Å². The molecule has 1 aromatic carbocycles. The second-order valence-electron chi connectivity index (χ2n) is 3.91. The van der Waals surface area contributed by atoms with E-state index in [1.54, 1.807) is 0 Å². The number of aryl methyl sites for hydroxylation is 1. The number of carboxylic acids is 1. The number of benzene rings is 1. The smallest absolute Gasteiger partial charge is 0.309 e. The number of pyridine rings is 1. The third-order valence-corrected chi connectivity index (χ3v) is 2.73. The summed E-state index contributed by atoms with van der Waals surface area (Å²) in [5, 5.41) is 8.72. The molecule has 2 aromatic rings. The summed E-state index contributed by atoms with van der Waals surface area (Å²) >= 11 is 0. The summed E-state index contributed by atoms with van der Waals surface area (Å²) in [6.07, 6.45) is -0.360. The van der Waals surface area contributed by atoms with E-state index in [4.69, 9.17) is 5.11 Å². The van der Waals surface area contributed by atoms with Crippen LogP contribution in [0.4, 0.5) is 8.78 Å². The molecule has 1 heterocycles. The van der Waals surface area contributed by atoms with Gasteiger partial charge in [0.15, 0.2) is 17.1 Å². The van der Waals surface area contributed by atoms with Crippen LogP contribution in [0.15, 0.2) is 23.0 Å². The zero-order valence-corrected chi connectivity index (χ0v) is 9.41. The van der Waals surface area contributed by atoms with Crippen molar-refractivity contribution in [3.8, 4) is 0 Å². The highest BCUT2D eigenvalue weighted by molar-refractivity contribution is 5.80. The van der Waals surface area contributed by atoms with Crippen molar-refractivity contribution in [3.63, 3.8) is 0 Å². The van der Waals surface area contributed by atoms with Crippen molar-refractivity contribution in [3.05, 3.63) is 45.8 Å². The molecule has 0 saturated carbocycles. The maximum Gasteiger partial charge on any atom is 0.309 e. The van der Waals surface area contributed by atoms with Gasteiger partial charge in [-0.2, -0.15) is 0 Å². The summed E-state index contributed by atoms with van der Waals surface area (Å²) in [6.45, 7) is 0. The van der Waals surface area contributed by atoms with Crippen LogP contribution >= 0.6 is 0 Å². The van der Waals surface area contributed by atoms with Gasteiger partial charge in [-0.15, -0.1) is 0 Å². The number of carbonyl (C=O) groups is 1. The summed E-state index contributed by atoms with van der Waals surface area (Å²) < 4.78 is 27.6. The molecule has 4 nitrogen and oxygen atoms in total. The number of rotatable bonds is 2. The molecule has 18 heavy (non-hydrogen) atoms. The first-order chi connectivity index (χ1) is 8.40. The number of aromatic nitrogens is 1. The number of halogens is 2. The topological polar surface area (TPSA) is 59.3 Å². The van der Waals surface area contributed by atoms with Gasteiger partial charge in [-0.05, 0) is 6.07 Å². The predicted octanol–water partition coefficient (Wildman–Crippen LogP) is 1.44. The lowest BCUT2D eigenvalue weighted by Gasteiger charge is -2.11. The molecule has 0 bridgehead atoms. The first-order valence-electron chi connectivity index (χ1n) is 5.09. The van der Waals surface area contributed by atoms with Gasteiger partial charge in [-0.3, -0.25) is 9.59 Å². The third-order valence-electron chi connectivity index (χ3n) is 2.73. The summed E-state index contributed by atoms with van der Waals surface area (Å²) in [5.74, 6) is -3.29. The van der Waals surface area contributed by atoms with Crippen LogP contribution in [0.25, 0.3) is 10.9 Å². The lowest BCUT2D eigenvalue weighted by atomic mass is 10.1. The van der Waals surface area contributed by atoms with Crippen LogP contribution in [0.2, 0.25) is 0 Å². The summed E-state index contributed by atoms with van der Waals surface area (Å²) in [6, 6.07) is 2.82. The predicted molar refractivity (Wildman–Crippen MR) is 60.4 cm³/mol. The molecule has 0 unspecified atom stereocenters. The molecule has 0 fully saturated rings. The van der Waals surface area contributed by atoms with Gasteiger partial charge in [-0.25, -0.2) is 8.78 Å². The molecule has 6 heteroatoms. The van der Waals surface area contributed by atoms with E-state index >= 15 is 0 Å². The molecule has 0 aliphatic heterocycles. The Hall–Kier alpha value is -2.24. The van der Waals surface area contributed by atoms with Crippen molar-refractivity contribution < 1.29 is 18.7 Å². The monoisotopic (exact) mass is 253 g/mol. The van der Waals surface area contributed by atoms with Gasteiger partial charge in [0.1, 0.15) is 0 Å².